The van der Waals surface area contributed by atoms with Crippen LogP contribution < -0.4 is 0 Å². The van der Waals surface area contributed by atoms with Crippen molar-refractivity contribution in [3.05, 3.63) is 95.1 Å². The van der Waals surface area contributed by atoms with Crippen LogP contribution in [0.2, 0.25) is 0 Å². The molecular formula is C29H37N3O2. The molecule has 0 amide bonds. The summed E-state index contributed by atoms with van der Waals surface area (Å²) in [5.74, 6) is 0.435. The molecule has 1 aliphatic rings. The zero-order chi connectivity index (χ0) is 24.6. The molecule has 1 aromatic carbocycles. The minimum absolute atomic E-state index is 0.332. The highest BCUT2D eigenvalue weighted by Crippen LogP contribution is 2.50. The van der Waals surface area contributed by atoms with Gasteiger partial charge in [-0.3, -0.25) is 9.97 Å². The molecule has 0 aliphatic carbocycles. The van der Waals surface area contributed by atoms with Crippen molar-refractivity contribution in [3.63, 3.8) is 0 Å². The van der Waals surface area contributed by atoms with Crippen LogP contribution in [-0.2, 0) is 17.6 Å². The third-order valence-corrected chi connectivity index (χ3v) is 7.44. The molecule has 1 fully saturated rings. The number of aromatic nitrogens is 2. The van der Waals surface area contributed by atoms with E-state index in [0.717, 1.165) is 29.8 Å². The van der Waals surface area contributed by atoms with Gasteiger partial charge in [0, 0.05) is 42.7 Å². The lowest BCUT2D eigenvalue weighted by molar-refractivity contribution is -0.127. The van der Waals surface area contributed by atoms with Gasteiger partial charge in [0.1, 0.15) is 11.2 Å². The molecule has 3 aromatic rings. The average Bonchev–Trinajstić information content (AvgIpc) is 2.82. The first-order chi connectivity index (χ1) is 16.0. The van der Waals surface area contributed by atoms with Crippen molar-refractivity contribution in [1.82, 2.24) is 14.9 Å². The zero-order valence-electron chi connectivity index (χ0n) is 21.0. The monoisotopic (exact) mass is 459 g/mol. The zero-order valence-corrected chi connectivity index (χ0v) is 21.0. The Bertz CT molecular complexity index is 1110. The van der Waals surface area contributed by atoms with E-state index >= 15 is 0 Å². The Balaban J connectivity index is 1.66. The second-order valence-electron chi connectivity index (χ2n) is 10.8. The Hall–Kier alpha value is -2.60. The molecule has 1 saturated heterocycles. The molecule has 2 N–H and O–H groups in total. The molecule has 0 radical (unpaired) electrons. The number of aryl methyl sites for hydroxylation is 1. The van der Waals surface area contributed by atoms with Gasteiger partial charge >= 0.3 is 0 Å². The molecular weight excluding hydrogens is 422 g/mol. The largest absolute Gasteiger partial charge is 0.384 e. The number of pyridine rings is 2. The number of hydrogen-bond donors (Lipinski definition) is 2. The number of hydrogen-bond acceptors (Lipinski definition) is 5. The standard InChI is InChI=1S/C29H37N3O2/c1-21(2)23-9-11-24(12-10-23)29(34,27(3)19-32(5)20-27)25-16-22(17-30-18-25)13-14-28(4,33)26-8-6-7-15-31-26/h6-12,15-18,21,33-34H,13-14,19-20H2,1-5H3. The van der Waals surface area contributed by atoms with Crippen molar-refractivity contribution in [2.75, 3.05) is 20.1 Å². The highest BCUT2D eigenvalue weighted by Gasteiger charge is 2.55. The van der Waals surface area contributed by atoms with Crippen molar-refractivity contribution in [2.24, 2.45) is 5.41 Å². The normalized spacial score (nSPS) is 19.3. The van der Waals surface area contributed by atoms with Crippen LogP contribution in [-0.4, -0.2) is 45.2 Å². The van der Waals surface area contributed by atoms with Crippen LogP contribution in [0.5, 0.6) is 0 Å². The smallest absolute Gasteiger partial charge is 0.124 e. The van der Waals surface area contributed by atoms with Gasteiger partial charge in [0.2, 0.25) is 0 Å². The predicted octanol–water partition coefficient (Wildman–Crippen LogP) is 4.63. The summed E-state index contributed by atoms with van der Waals surface area (Å²) in [6, 6.07) is 16.0. The third kappa shape index (κ3) is 4.52. The Morgan fingerprint density at radius 1 is 1.03 bits per heavy atom. The molecule has 180 valence electrons. The Morgan fingerprint density at radius 2 is 1.74 bits per heavy atom. The predicted molar refractivity (Wildman–Crippen MR) is 135 cm³/mol. The lowest BCUT2D eigenvalue weighted by atomic mass is 9.62. The summed E-state index contributed by atoms with van der Waals surface area (Å²) >= 11 is 0. The Morgan fingerprint density at radius 3 is 2.32 bits per heavy atom. The molecule has 0 spiro atoms. The summed E-state index contributed by atoms with van der Waals surface area (Å²) in [5, 5.41) is 23.4. The fourth-order valence-electron chi connectivity index (χ4n) is 5.37. The summed E-state index contributed by atoms with van der Waals surface area (Å²) in [6.07, 6.45) is 6.46. The molecule has 0 bridgehead atoms. The van der Waals surface area contributed by atoms with Gasteiger partial charge in [-0.15, -0.1) is 0 Å². The van der Waals surface area contributed by atoms with E-state index < -0.39 is 11.2 Å². The first kappa shape index (κ1) is 24.5. The van der Waals surface area contributed by atoms with Crippen LogP contribution in [0.3, 0.4) is 0 Å². The van der Waals surface area contributed by atoms with Gasteiger partial charge in [-0.05, 0) is 67.6 Å². The summed E-state index contributed by atoms with van der Waals surface area (Å²) < 4.78 is 0. The maximum absolute atomic E-state index is 12.4. The van der Waals surface area contributed by atoms with Crippen LogP contribution in [0, 0.1) is 5.41 Å². The molecule has 0 saturated carbocycles. The van der Waals surface area contributed by atoms with E-state index in [4.69, 9.17) is 0 Å². The lowest BCUT2D eigenvalue weighted by Crippen LogP contribution is -2.63. The van der Waals surface area contributed by atoms with Gasteiger partial charge < -0.3 is 15.1 Å². The molecule has 5 heteroatoms. The van der Waals surface area contributed by atoms with Crippen LogP contribution >= 0.6 is 0 Å². The minimum Gasteiger partial charge on any atom is -0.384 e. The van der Waals surface area contributed by atoms with Gasteiger partial charge in [0.05, 0.1) is 5.69 Å². The van der Waals surface area contributed by atoms with E-state index in [1.165, 1.54) is 5.56 Å². The molecule has 34 heavy (non-hydrogen) atoms. The van der Waals surface area contributed by atoms with Crippen molar-refractivity contribution < 1.29 is 10.2 Å². The van der Waals surface area contributed by atoms with Gasteiger partial charge in [-0.2, -0.15) is 0 Å². The van der Waals surface area contributed by atoms with Gasteiger partial charge in [0.15, 0.2) is 0 Å². The summed E-state index contributed by atoms with van der Waals surface area (Å²) in [5.41, 5.74) is 2.06. The number of aliphatic hydroxyl groups is 2. The van der Waals surface area contributed by atoms with E-state index in [1.807, 2.05) is 24.4 Å². The lowest BCUT2D eigenvalue weighted by Gasteiger charge is -2.56. The number of benzene rings is 1. The summed E-state index contributed by atoms with van der Waals surface area (Å²) in [7, 11) is 2.08. The Labute approximate surface area is 203 Å². The molecule has 4 rings (SSSR count). The van der Waals surface area contributed by atoms with Crippen molar-refractivity contribution in [3.8, 4) is 0 Å². The van der Waals surface area contributed by atoms with E-state index in [1.54, 1.807) is 19.3 Å². The van der Waals surface area contributed by atoms with Crippen molar-refractivity contribution in [1.29, 1.82) is 0 Å². The number of rotatable bonds is 8. The summed E-state index contributed by atoms with van der Waals surface area (Å²) in [6.45, 7) is 9.90. The van der Waals surface area contributed by atoms with Crippen LogP contribution in [0.25, 0.3) is 0 Å². The highest BCUT2D eigenvalue weighted by atomic mass is 16.3. The number of likely N-dealkylation sites (tertiary alicyclic amines) is 1. The van der Waals surface area contributed by atoms with E-state index in [9.17, 15) is 10.2 Å². The molecule has 2 unspecified atom stereocenters. The van der Waals surface area contributed by atoms with E-state index in [2.05, 4.69) is 73.0 Å². The third-order valence-electron chi connectivity index (χ3n) is 7.44. The molecule has 1 aliphatic heterocycles. The van der Waals surface area contributed by atoms with Crippen molar-refractivity contribution in [2.45, 2.75) is 57.7 Å². The molecule has 5 nitrogen and oxygen atoms in total. The fourth-order valence-corrected chi connectivity index (χ4v) is 5.37. The number of nitrogens with zero attached hydrogens (tertiary/aromatic N) is 3. The SMILES string of the molecule is CC(C)c1ccc(C(O)(c2cncc(CCC(C)(O)c3ccccn3)c2)C2(C)CN(C)C2)cc1. The molecule has 2 atom stereocenters. The van der Waals surface area contributed by atoms with Crippen LogP contribution in [0.15, 0.2) is 67.1 Å². The second kappa shape index (κ2) is 9.21. The van der Waals surface area contributed by atoms with E-state index in [0.29, 0.717) is 24.5 Å². The van der Waals surface area contributed by atoms with E-state index in [-0.39, 0.29) is 5.41 Å². The molecule has 3 heterocycles. The maximum Gasteiger partial charge on any atom is 0.124 e. The highest BCUT2D eigenvalue weighted by molar-refractivity contribution is 5.42. The fraction of sp³-hybridized carbons (Fsp3) is 0.448. The first-order valence-corrected chi connectivity index (χ1v) is 12.1. The van der Waals surface area contributed by atoms with Gasteiger partial charge in [-0.25, -0.2) is 0 Å². The second-order valence-corrected chi connectivity index (χ2v) is 10.8. The first-order valence-electron chi connectivity index (χ1n) is 12.1. The summed E-state index contributed by atoms with van der Waals surface area (Å²) in [4.78, 5) is 11.1. The van der Waals surface area contributed by atoms with Crippen molar-refractivity contribution >= 4 is 0 Å². The topological polar surface area (TPSA) is 69.5 Å². The molecule has 2 aromatic heterocycles. The van der Waals surface area contributed by atoms with Gasteiger partial charge in [0.25, 0.3) is 0 Å². The minimum atomic E-state index is -1.17. The van der Waals surface area contributed by atoms with Gasteiger partial charge in [-0.1, -0.05) is 51.1 Å². The quantitative estimate of drug-likeness (QED) is 0.514. The maximum atomic E-state index is 12.4. The van der Waals surface area contributed by atoms with Crippen LogP contribution in [0.1, 0.15) is 68.0 Å². The average molecular weight is 460 g/mol. The van der Waals surface area contributed by atoms with Crippen LogP contribution in [0.4, 0.5) is 0 Å². The Kier molecular flexibility index (Phi) is 6.65.